The van der Waals surface area contributed by atoms with Crippen LogP contribution in [0.4, 0.5) is 0 Å². The van der Waals surface area contributed by atoms with Crippen molar-refractivity contribution in [3.63, 3.8) is 0 Å². The van der Waals surface area contributed by atoms with Crippen molar-refractivity contribution in [1.29, 1.82) is 0 Å². The quantitative estimate of drug-likeness (QED) is 0.454. The standard InChI is InChI=1S/C12H9ClN4O3/c1-19-17-10-4-7(13)2-3-8(10)9(5-15-18)11(17)12-16-14-6-20-12/h2-6,18H,1H3/b15-5+. The molecule has 0 saturated heterocycles. The van der Waals surface area contributed by atoms with Gasteiger partial charge in [0.1, 0.15) is 7.11 Å². The SMILES string of the molecule is COn1c(-c2nnco2)c(/C=N/O)c2ccc(Cl)cc21. The molecular formula is C12H9ClN4O3. The maximum Gasteiger partial charge on any atom is 0.268 e. The Morgan fingerprint density at radius 2 is 2.35 bits per heavy atom. The Hall–Kier alpha value is -2.54. The molecule has 0 fully saturated rings. The Morgan fingerprint density at radius 1 is 1.50 bits per heavy atom. The van der Waals surface area contributed by atoms with Crippen LogP contribution in [0.3, 0.4) is 0 Å². The maximum atomic E-state index is 8.86. The predicted octanol–water partition coefficient (Wildman–Crippen LogP) is 2.21. The number of halogens is 1. The second kappa shape index (κ2) is 4.86. The molecule has 8 heteroatoms. The summed E-state index contributed by atoms with van der Waals surface area (Å²) in [7, 11) is 1.50. The molecule has 0 aliphatic carbocycles. The fourth-order valence-corrected chi connectivity index (χ4v) is 2.28. The van der Waals surface area contributed by atoms with Crippen molar-refractivity contribution in [1.82, 2.24) is 14.9 Å². The van der Waals surface area contributed by atoms with E-state index in [2.05, 4.69) is 15.4 Å². The molecule has 102 valence electrons. The number of nitrogens with zero attached hydrogens (tertiary/aromatic N) is 4. The molecule has 0 spiro atoms. The summed E-state index contributed by atoms with van der Waals surface area (Å²) < 4.78 is 6.70. The molecule has 1 aromatic carbocycles. The number of hydrogen-bond donors (Lipinski definition) is 1. The molecule has 0 radical (unpaired) electrons. The van der Waals surface area contributed by atoms with Gasteiger partial charge in [0.15, 0.2) is 5.69 Å². The van der Waals surface area contributed by atoms with Crippen molar-refractivity contribution >= 4 is 28.7 Å². The lowest BCUT2D eigenvalue weighted by molar-refractivity contribution is 0.181. The Balaban J connectivity index is 2.44. The van der Waals surface area contributed by atoms with E-state index in [1.165, 1.54) is 24.4 Å². The van der Waals surface area contributed by atoms with Gasteiger partial charge in [-0.15, -0.1) is 10.2 Å². The molecular weight excluding hydrogens is 284 g/mol. The third-order valence-corrected chi connectivity index (χ3v) is 3.09. The highest BCUT2D eigenvalue weighted by Gasteiger charge is 2.22. The van der Waals surface area contributed by atoms with Gasteiger partial charge in [0.25, 0.3) is 5.89 Å². The first-order valence-electron chi connectivity index (χ1n) is 5.58. The minimum absolute atomic E-state index is 0.245. The van der Waals surface area contributed by atoms with E-state index < -0.39 is 0 Å². The van der Waals surface area contributed by atoms with Gasteiger partial charge >= 0.3 is 0 Å². The molecule has 0 atom stereocenters. The molecule has 0 amide bonds. The highest BCUT2D eigenvalue weighted by molar-refractivity contribution is 6.31. The molecule has 0 unspecified atom stereocenters. The first kappa shape index (κ1) is 12.5. The number of rotatable bonds is 3. The first-order chi connectivity index (χ1) is 9.76. The van der Waals surface area contributed by atoms with Gasteiger partial charge in [-0.05, 0) is 12.1 Å². The fourth-order valence-electron chi connectivity index (χ4n) is 2.11. The van der Waals surface area contributed by atoms with Crippen molar-refractivity contribution in [3.05, 3.63) is 35.2 Å². The lowest BCUT2D eigenvalue weighted by Gasteiger charge is -2.05. The molecule has 1 N–H and O–H groups in total. The molecule has 2 aromatic heterocycles. The summed E-state index contributed by atoms with van der Waals surface area (Å²) in [5.74, 6) is 0.245. The summed E-state index contributed by atoms with van der Waals surface area (Å²) in [6.07, 6.45) is 2.49. The van der Waals surface area contributed by atoms with Gasteiger partial charge in [0, 0.05) is 16.0 Å². The van der Waals surface area contributed by atoms with Gasteiger partial charge in [-0.3, -0.25) is 0 Å². The Bertz CT molecular complexity index is 780. The van der Waals surface area contributed by atoms with Crippen LogP contribution in [0.25, 0.3) is 22.5 Å². The first-order valence-corrected chi connectivity index (χ1v) is 5.96. The Kier molecular flexibility index (Phi) is 3.03. The van der Waals surface area contributed by atoms with Crippen molar-refractivity contribution < 1.29 is 14.5 Å². The van der Waals surface area contributed by atoms with E-state index in [-0.39, 0.29) is 5.89 Å². The average molecular weight is 293 g/mol. The normalized spacial score (nSPS) is 11.5. The molecule has 3 rings (SSSR count). The number of aromatic nitrogens is 3. The number of oxime groups is 1. The van der Waals surface area contributed by atoms with Crippen molar-refractivity contribution in [2.24, 2.45) is 5.16 Å². The van der Waals surface area contributed by atoms with Crippen LogP contribution in [0.5, 0.6) is 0 Å². The number of fused-ring (bicyclic) bond motifs is 1. The van der Waals surface area contributed by atoms with E-state index in [1.54, 1.807) is 18.2 Å². The molecule has 0 aliphatic rings. The Morgan fingerprint density at radius 3 is 3.00 bits per heavy atom. The van der Waals surface area contributed by atoms with Gasteiger partial charge in [-0.1, -0.05) is 22.8 Å². The topological polar surface area (TPSA) is 85.7 Å². The fraction of sp³-hybridized carbons (Fsp3) is 0.0833. The smallest absolute Gasteiger partial charge is 0.268 e. The van der Waals surface area contributed by atoms with Crippen LogP contribution in [-0.2, 0) is 0 Å². The van der Waals surface area contributed by atoms with Crippen LogP contribution < -0.4 is 4.84 Å². The van der Waals surface area contributed by atoms with Crippen molar-refractivity contribution in [2.75, 3.05) is 7.11 Å². The van der Waals surface area contributed by atoms with E-state index in [0.717, 1.165) is 5.39 Å². The Labute approximate surface area is 118 Å². The van der Waals surface area contributed by atoms with Gasteiger partial charge in [-0.25, -0.2) is 0 Å². The van der Waals surface area contributed by atoms with Crippen LogP contribution in [0.2, 0.25) is 5.02 Å². The second-order valence-electron chi connectivity index (χ2n) is 3.89. The molecule has 0 aliphatic heterocycles. The van der Waals surface area contributed by atoms with Crippen LogP contribution in [0.1, 0.15) is 5.56 Å². The van der Waals surface area contributed by atoms with Crippen molar-refractivity contribution in [2.45, 2.75) is 0 Å². The largest absolute Gasteiger partial charge is 0.422 e. The van der Waals surface area contributed by atoms with Crippen LogP contribution >= 0.6 is 11.6 Å². The van der Waals surface area contributed by atoms with Gasteiger partial charge in [-0.2, -0.15) is 4.73 Å². The summed E-state index contributed by atoms with van der Waals surface area (Å²) in [5.41, 5.74) is 1.77. The number of benzene rings is 1. The zero-order valence-corrected chi connectivity index (χ0v) is 11.1. The highest BCUT2D eigenvalue weighted by atomic mass is 35.5. The molecule has 20 heavy (non-hydrogen) atoms. The van der Waals surface area contributed by atoms with Crippen LogP contribution in [0.15, 0.2) is 34.2 Å². The van der Waals surface area contributed by atoms with E-state index in [4.69, 9.17) is 26.1 Å². The average Bonchev–Trinajstić information content (AvgIpc) is 3.05. The third-order valence-electron chi connectivity index (χ3n) is 2.86. The zero-order valence-electron chi connectivity index (χ0n) is 10.3. The van der Waals surface area contributed by atoms with Gasteiger partial charge in [0.05, 0.1) is 11.7 Å². The van der Waals surface area contributed by atoms with Crippen LogP contribution in [0, 0.1) is 0 Å². The summed E-state index contributed by atoms with van der Waals surface area (Å²) in [6, 6.07) is 5.26. The van der Waals surface area contributed by atoms with E-state index in [1.807, 2.05) is 0 Å². The zero-order chi connectivity index (χ0) is 14.1. The summed E-state index contributed by atoms with van der Waals surface area (Å²) in [6.45, 7) is 0. The minimum atomic E-state index is 0.245. The summed E-state index contributed by atoms with van der Waals surface area (Å²) in [5, 5.41) is 20.8. The lowest BCUT2D eigenvalue weighted by atomic mass is 10.1. The predicted molar refractivity (Wildman–Crippen MR) is 72.1 cm³/mol. The van der Waals surface area contributed by atoms with Crippen molar-refractivity contribution in [3.8, 4) is 11.6 Å². The summed E-state index contributed by atoms with van der Waals surface area (Å²) in [4.78, 5) is 5.35. The lowest BCUT2D eigenvalue weighted by Crippen LogP contribution is -2.07. The summed E-state index contributed by atoms with van der Waals surface area (Å²) >= 11 is 6.01. The minimum Gasteiger partial charge on any atom is -0.422 e. The maximum absolute atomic E-state index is 8.86. The monoisotopic (exact) mass is 292 g/mol. The molecule has 2 heterocycles. The van der Waals surface area contributed by atoms with E-state index in [9.17, 15) is 0 Å². The molecule has 0 bridgehead atoms. The molecule has 3 aromatic rings. The van der Waals surface area contributed by atoms with Crippen LogP contribution in [-0.4, -0.2) is 33.5 Å². The highest BCUT2D eigenvalue weighted by Crippen LogP contribution is 2.32. The van der Waals surface area contributed by atoms with E-state index in [0.29, 0.717) is 21.8 Å². The second-order valence-corrected chi connectivity index (χ2v) is 4.33. The molecule has 0 saturated carbocycles. The van der Waals surface area contributed by atoms with E-state index >= 15 is 0 Å². The third kappa shape index (κ3) is 1.79. The van der Waals surface area contributed by atoms with Gasteiger partial charge in [0.2, 0.25) is 6.39 Å². The molecule has 7 nitrogen and oxygen atoms in total. The number of hydrogen-bond acceptors (Lipinski definition) is 6. The van der Waals surface area contributed by atoms with Gasteiger partial charge < -0.3 is 14.5 Å².